The van der Waals surface area contributed by atoms with Crippen molar-refractivity contribution in [1.29, 1.82) is 0 Å². The van der Waals surface area contributed by atoms with Gasteiger partial charge in [-0.3, -0.25) is 4.79 Å². The molecule has 0 aliphatic heterocycles. The lowest BCUT2D eigenvalue weighted by molar-refractivity contribution is -0.120. The first kappa shape index (κ1) is 8.24. The fraction of sp³-hybridized carbons (Fsp3) is 0.625. The van der Waals surface area contributed by atoms with Crippen LogP contribution in [0.5, 0.6) is 0 Å². The van der Waals surface area contributed by atoms with E-state index in [1.165, 1.54) is 6.08 Å². The molecule has 0 heterocycles. The number of carbonyl (C=O) groups is 1. The number of rotatable bonds is 3. The zero-order valence-corrected chi connectivity index (χ0v) is 6.80. The number of halogens is 1. The lowest BCUT2D eigenvalue weighted by atomic mass is 10.2. The highest BCUT2D eigenvalue weighted by Gasteiger charge is 2.49. The zero-order valence-electron chi connectivity index (χ0n) is 6.80. The Balaban J connectivity index is 2.44. The Morgan fingerprint density at radius 3 is 2.45 bits per heavy atom. The summed E-state index contributed by atoms with van der Waals surface area (Å²) in [5, 5.41) is 0. The van der Waals surface area contributed by atoms with Gasteiger partial charge in [-0.05, 0) is 12.8 Å². The molecule has 1 rings (SSSR count). The first-order valence-corrected chi connectivity index (χ1v) is 3.62. The van der Waals surface area contributed by atoms with Crippen LogP contribution in [0.3, 0.4) is 0 Å². The van der Waals surface area contributed by atoms with Gasteiger partial charge < -0.3 is 4.90 Å². The van der Waals surface area contributed by atoms with Gasteiger partial charge in [0.15, 0.2) is 11.5 Å². The Bertz CT molecular complexity index is 194. The van der Waals surface area contributed by atoms with Crippen molar-refractivity contribution in [2.24, 2.45) is 0 Å². The Labute approximate surface area is 65.7 Å². The fourth-order valence-corrected chi connectivity index (χ4v) is 0.722. The molecule has 0 aromatic rings. The lowest BCUT2D eigenvalue weighted by Gasteiger charge is -2.03. The number of hydrogen-bond donors (Lipinski definition) is 0. The van der Waals surface area contributed by atoms with Gasteiger partial charge in [-0.1, -0.05) is 0 Å². The van der Waals surface area contributed by atoms with Crippen LogP contribution in [-0.4, -0.2) is 30.4 Å². The van der Waals surface area contributed by atoms with Gasteiger partial charge in [0.2, 0.25) is 0 Å². The predicted octanol–water partition coefficient (Wildman–Crippen LogP) is 1.13. The Hall–Kier alpha value is -0.860. The molecule has 0 atom stereocenters. The van der Waals surface area contributed by atoms with Gasteiger partial charge in [0.25, 0.3) is 0 Å². The normalized spacial score (nSPS) is 20.3. The molecule has 0 unspecified atom stereocenters. The molecule has 1 aliphatic rings. The highest BCUT2D eigenvalue weighted by molar-refractivity contribution is 5.99. The van der Waals surface area contributed by atoms with Crippen LogP contribution in [-0.2, 0) is 4.79 Å². The second kappa shape index (κ2) is 2.64. The van der Waals surface area contributed by atoms with Gasteiger partial charge in [-0.25, -0.2) is 4.39 Å². The molecule has 0 N–H and O–H groups in total. The summed E-state index contributed by atoms with van der Waals surface area (Å²) in [6.07, 6.45) is 3.65. The van der Waals surface area contributed by atoms with Crippen LogP contribution in [0.2, 0.25) is 0 Å². The largest absolute Gasteiger partial charge is 0.383 e. The molecule has 1 aliphatic carbocycles. The molecular formula is C8H12FNO. The third kappa shape index (κ3) is 2.03. The van der Waals surface area contributed by atoms with Crippen LogP contribution in [0, 0.1) is 0 Å². The van der Waals surface area contributed by atoms with Crippen LogP contribution < -0.4 is 0 Å². The number of hydrogen-bond acceptors (Lipinski definition) is 2. The van der Waals surface area contributed by atoms with Crippen LogP contribution in [0.15, 0.2) is 12.3 Å². The monoisotopic (exact) mass is 157 g/mol. The maximum absolute atomic E-state index is 12.9. The quantitative estimate of drug-likeness (QED) is 0.572. The number of carbonyl (C=O) groups excluding carboxylic acids is 1. The molecule has 1 fully saturated rings. The third-order valence-corrected chi connectivity index (χ3v) is 1.65. The second-order valence-electron chi connectivity index (χ2n) is 3.11. The smallest absolute Gasteiger partial charge is 0.194 e. The third-order valence-electron chi connectivity index (χ3n) is 1.65. The molecule has 1 saturated carbocycles. The number of alkyl halides is 1. The van der Waals surface area contributed by atoms with E-state index in [0.29, 0.717) is 12.8 Å². The molecule has 0 amide bonds. The molecular weight excluding hydrogens is 145 g/mol. The van der Waals surface area contributed by atoms with Crippen LogP contribution >= 0.6 is 0 Å². The second-order valence-corrected chi connectivity index (χ2v) is 3.11. The summed E-state index contributed by atoms with van der Waals surface area (Å²) in [4.78, 5) is 12.7. The molecule has 0 bridgehead atoms. The van der Waals surface area contributed by atoms with E-state index in [9.17, 15) is 9.18 Å². The standard InChI is InChI=1S/C8H12FNO/c1-10(2)6-3-7(11)8(9)4-5-8/h3,6H,4-5H2,1-2H3. The summed E-state index contributed by atoms with van der Waals surface area (Å²) in [5.41, 5.74) is -1.51. The topological polar surface area (TPSA) is 20.3 Å². The maximum Gasteiger partial charge on any atom is 0.194 e. The van der Waals surface area contributed by atoms with Gasteiger partial charge in [-0.15, -0.1) is 0 Å². The number of allylic oxidation sites excluding steroid dienone is 1. The van der Waals surface area contributed by atoms with Gasteiger partial charge in [-0.2, -0.15) is 0 Å². The van der Waals surface area contributed by atoms with E-state index in [4.69, 9.17) is 0 Å². The summed E-state index contributed by atoms with van der Waals surface area (Å²) in [6.45, 7) is 0. The van der Waals surface area contributed by atoms with Crippen molar-refractivity contribution in [2.45, 2.75) is 18.5 Å². The fourth-order valence-electron chi connectivity index (χ4n) is 0.722. The molecule has 0 saturated heterocycles. The lowest BCUT2D eigenvalue weighted by Crippen LogP contribution is -2.14. The van der Waals surface area contributed by atoms with Crippen molar-refractivity contribution in [3.8, 4) is 0 Å². The molecule has 2 nitrogen and oxygen atoms in total. The Morgan fingerprint density at radius 2 is 2.09 bits per heavy atom. The van der Waals surface area contributed by atoms with Crippen molar-refractivity contribution >= 4 is 5.78 Å². The van der Waals surface area contributed by atoms with E-state index >= 15 is 0 Å². The average molecular weight is 157 g/mol. The number of ketones is 1. The van der Waals surface area contributed by atoms with Crippen molar-refractivity contribution < 1.29 is 9.18 Å². The number of nitrogens with zero attached hydrogens (tertiary/aromatic N) is 1. The van der Waals surface area contributed by atoms with Gasteiger partial charge in [0.1, 0.15) is 0 Å². The van der Waals surface area contributed by atoms with Crippen LogP contribution in [0.25, 0.3) is 0 Å². The van der Waals surface area contributed by atoms with E-state index in [1.807, 2.05) is 0 Å². The summed E-state index contributed by atoms with van der Waals surface area (Å²) >= 11 is 0. The molecule has 3 heteroatoms. The average Bonchev–Trinajstić information content (AvgIpc) is 2.64. The van der Waals surface area contributed by atoms with Gasteiger partial charge >= 0.3 is 0 Å². The Kier molecular flexibility index (Phi) is 1.98. The molecule has 11 heavy (non-hydrogen) atoms. The highest BCUT2D eigenvalue weighted by Crippen LogP contribution is 2.40. The van der Waals surface area contributed by atoms with Crippen molar-refractivity contribution in [3.05, 3.63) is 12.3 Å². The van der Waals surface area contributed by atoms with E-state index in [-0.39, 0.29) is 0 Å². The van der Waals surface area contributed by atoms with E-state index in [0.717, 1.165) is 0 Å². The SMILES string of the molecule is CN(C)C=CC(=O)C1(F)CC1. The van der Waals surface area contributed by atoms with Crippen LogP contribution in [0.4, 0.5) is 4.39 Å². The van der Waals surface area contributed by atoms with Gasteiger partial charge in [0, 0.05) is 26.4 Å². The van der Waals surface area contributed by atoms with Crippen LogP contribution in [0.1, 0.15) is 12.8 Å². The minimum atomic E-state index is -1.51. The van der Waals surface area contributed by atoms with E-state index in [2.05, 4.69) is 0 Å². The van der Waals surface area contributed by atoms with Crippen molar-refractivity contribution in [2.75, 3.05) is 14.1 Å². The van der Waals surface area contributed by atoms with Gasteiger partial charge in [0.05, 0.1) is 0 Å². The summed E-state index contributed by atoms with van der Waals surface area (Å²) in [5.74, 6) is -0.397. The maximum atomic E-state index is 12.9. The molecule has 0 spiro atoms. The first-order valence-electron chi connectivity index (χ1n) is 3.62. The molecule has 62 valence electrons. The summed E-state index contributed by atoms with van der Waals surface area (Å²) in [6, 6.07) is 0. The first-order chi connectivity index (χ1) is 5.04. The van der Waals surface area contributed by atoms with E-state index in [1.54, 1.807) is 25.2 Å². The summed E-state index contributed by atoms with van der Waals surface area (Å²) < 4.78 is 12.9. The summed E-state index contributed by atoms with van der Waals surface area (Å²) in [7, 11) is 3.59. The molecule has 0 aromatic carbocycles. The highest BCUT2D eigenvalue weighted by atomic mass is 19.1. The molecule has 0 radical (unpaired) electrons. The molecule has 0 aromatic heterocycles. The van der Waals surface area contributed by atoms with Crippen molar-refractivity contribution in [3.63, 3.8) is 0 Å². The minimum Gasteiger partial charge on any atom is -0.383 e. The Morgan fingerprint density at radius 1 is 1.55 bits per heavy atom. The zero-order chi connectivity index (χ0) is 8.48. The van der Waals surface area contributed by atoms with E-state index < -0.39 is 11.5 Å². The minimum absolute atomic E-state index is 0.392. The van der Waals surface area contributed by atoms with Crippen molar-refractivity contribution in [1.82, 2.24) is 4.90 Å². The predicted molar refractivity (Wildman–Crippen MR) is 40.9 cm³/mol.